The van der Waals surface area contributed by atoms with Crippen molar-refractivity contribution in [2.24, 2.45) is 0 Å². The molecule has 0 fully saturated rings. The van der Waals surface area contributed by atoms with Gasteiger partial charge in [0.2, 0.25) is 0 Å². The van der Waals surface area contributed by atoms with Crippen LogP contribution in [0.5, 0.6) is 0 Å². The monoisotopic (exact) mass is 352 g/mol. The van der Waals surface area contributed by atoms with Gasteiger partial charge in [-0.25, -0.2) is 9.97 Å². The molecule has 0 aliphatic carbocycles. The zero-order chi connectivity index (χ0) is 18.8. The van der Waals surface area contributed by atoms with Crippen molar-refractivity contribution in [2.75, 3.05) is 11.4 Å². The van der Waals surface area contributed by atoms with Gasteiger partial charge in [-0.05, 0) is 47.9 Å². The largest absolute Gasteiger partial charge is 0.352 e. The Morgan fingerprint density at radius 1 is 1.00 bits per heavy atom. The van der Waals surface area contributed by atoms with Crippen LogP contribution in [0.25, 0.3) is 11.1 Å². The second-order valence-corrected chi connectivity index (χ2v) is 6.52. The fourth-order valence-electron chi connectivity index (χ4n) is 3.40. The molecule has 6 nitrogen and oxygen atoms in total. The predicted octanol–water partition coefficient (Wildman–Crippen LogP) is 3.15. The van der Waals surface area contributed by atoms with Crippen LogP contribution in [0.4, 0.5) is 5.82 Å². The Bertz CT molecular complexity index is 1110. The molecule has 3 aromatic heterocycles. The standard InChI is InChI=1S/C21H16N6/c1-14-6-15(9-22)11-26-21(14)27-5-3-20-18(13-27)7-17(12-25-20)16-2-4-24-19(8-16)10-23/h2,4,6-8,11-12H,3,5,13H2,1H3. The van der Waals surface area contributed by atoms with Crippen LogP contribution < -0.4 is 4.90 Å². The highest BCUT2D eigenvalue weighted by Gasteiger charge is 2.20. The molecule has 4 rings (SSSR count). The summed E-state index contributed by atoms with van der Waals surface area (Å²) >= 11 is 0. The molecular formula is C21H16N6. The molecule has 6 heteroatoms. The van der Waals surface area contributed by atoms with Crippen LogP contribution in [0.15, 0.2) is 42.9 Å². The average molecular weight is 352 g/mol. The number of nitrogens with zero attached hydrogens (tertiary/aromatic N) is 6. The molecule has 0 spiro atoms. The van der Waals surface area contributed by atoms with E-state index in [1.165, 1.54) is 0 Å². The summed E-state index contributed by atoms with van der Waals surface area (Å²) in [6.07, 6.45) is 5.96. The van der Waals surface area contributed by atoms with Crippen LogP contribution in [-0.2, 0) is 13.0 Å². The van der Waals surface area contributed by atoms with Crippen molar-refractivity contribution in [3.63, 3.8) is 0 Å². The van der Waals surface area contributed by atoms with E-state index in [9.17, 15) is 0 Å². The van der Waals surface area contributed by atoms with Crippen molar-refractivity contribution in [3.05, 3.63) is 70.9 Å². The van der Waals surface area contributed by atoms with E-state index in [0.29, 0.717) is 17.8 Å². The van der Waals surface area contributed by atoms with Gasteiger partial charge in [-0.2, -0.15) is 10.5 Å². The van der Waals surface area contributed by atoms with E-state index < -0.39 is 0 Å². The topological polar surface area (TPSA) is 89.5 Å². The minimum Gasteiger partial charge on any atom is -0.352 e. The lowest BCUT2D eigenvalue weighted by Crippen LogP contribution is -2.32. The van der Waals surface area contributed by atoms with E-state index in [1.54, 1.807) is 18.5 Å². The number of fused-ring (bicyclic) bond motifs is 1. The molecule has 0 atom stereocenters. The molecule has 4 heterocycles. The highest BCUT2D eigenvalue weighted by atomic mass is 15.2. The van der Waals surface area contributed by atoms with Crippen LogP contribution in [0.3, 0.4) is 0 Å². The summed E-state index contributed by atoms with van der Waals surface area (Å²) in [6, 6.07) is 11.9. The fourth-order valence-corrected chi connectivity index (χ4v) is 3.40. The first-order valence-electron chi connectivity index (χ1n) is 8.64. The van der Waals surface area contributed by atoms with Crippen LogP contribution in [0, 0.1) is 29.6 Å². The lowest BCUT2D eigenvalue weighted by molar-refractivity contribution is 0.701. The number of hydrogen-bond donors (Lipinski definition) is 0. The summed E-state index contributed by atoms with van der Waals surface area (Å²) in [7, 11) is 0. The molecule has 0 N–H and O–H groups in total. The van der Waals surface area contributed by atoms with Crippen molar-refractivity contribution in [1.82, 2.24) is 15.0 Å². The minimum atomic E-state index is 0.393. The summed E-state index contributed by atoms with van der Waals surface area (Å²) in [4.78, 5) is 15.4. The predicted molar refractivity (Wildman–Crippen MR) is 101 cm³/mol. The molecule has 1 aliphatic heterocycles. The Labute approximate surface area is 157 Å². The van der Waals surface area contributed by atoms with Crippen molar-refractivity contribution in [3.8, 4) is 23.3 Å². The van der Waals surface area contributed by atoms with Gasteiger partial charge >= 0.3 is 0 Å². The van der Waals surface area contributed by atoms with E-state index in [2.05, 4.69) is 38.1 Å². The van der Waals surface area contributed by atoms with Crippen molar-refractivity contribution < 1.29 is 0 Å². The van der Waals surface area contributed by atoms with Gasteiger partial charge in [0.25, 0.3) is 0 Å². The van der Waals surface area contributed by atoms with Gasteiger partial charge in [-0.15, -0.1) is 0 Å². The van der Waals surface area contributed by atoms with E-state index in [4.69, 9.17) is 10.5 Å². The quantitative estimate of drug-likeness (QED) is 0.704. The Kier molecular flexibility index (Phi) is 4.24. The molecule has 0 saturated heterocycles. The van der Waals surface area contributed by atoms with Crippen LogP contribution in [0.1, 0.15) is 28.1 Å². The van der Waals surface area contributed by atoms with E-state index in [-0.39, 0.29) is 0 Å². The number of hydrogen-bond acceptors (Lipinski definition) is 6. The molecule has 27 heavy (non-hydrogen) atoms. The number of nitriles is 2. The van der Waals surface area contributed by atoms with Gasteiger partial charge < -0.3 is 4.90 Å². The van der Waals surface area contributed by atoms with Crippen LogP contribution in [-0.4, -0.2) is 21.5 Å². The molecule has 0 amide bonds. The first-order valence-corrected chi connectivity index (χ1v) is 8.64. The maximum Gasteiger partial charge on any atom is 0.141 e. The van der Waals surface area contributed by atoms with Gasteiger partial charge in [0.05, 0.1) is 5.56 Å². The van der Waals surface area contributed by atoms with Crippen molar-refractivity contribution in [1.29, 1.82) is 10.5 Å². The van der Waals surface area contributed by atoms with Gasteiger partial charge in [0, 0.05) is 49.4 Å². The second kappa shape index (κ2) is 6.86. The molecule has 0 aromatic carbocycles. The molecule has 1 aliphatic rings. The molecule has 0 bridgehead atoms. The molecule has 0 unspecified atom stereocenters. The SMILES string of the molecule is Cc1cc(C#N)cnc1N1CCc2ncc(-c3ccnc(C#N)c3)cc2C1. The third-order valence-corrected chi connectivity index (χ3v) is 4.73. The number of rotatable bonds is 2. The third kappa shape index (κ3) is 3.21. The van der Waals surface area contributed by atoms with E-state index in [1.807, 2.05) is 25.3 Å². The number of aromatic nitrogens is 3. The van der Waals surface area contributed by atoms with E-state index >= 15 is 0 Å². The number of pyridine rings is 3. The average Bonchev–Trinajstić information content (AvgIpc) is 2.72. The summed E-state index contributed by atoms with van der Waals surface area (Å²) in [5, 5.41) is 18.1. The van der Waals surface area contributed by atoms with Crippen molar-refractivity contribution >= 4 is 5.82 Å². The highest BCUT2D eigenvalue weighted by molar-refractivity contribution is 5.65. The Morgan fingerprint density at radius 2 is 1.89 bits per heavy atom. The highest BCUT2D eigenvalue weighted by Crippen LogP contribution is 2.28. The van der Waals surface area contributed by atoms with Gasteiger partial charge in [0.15, 0.2) is 0 Å². The molecule has 0 saturated carbocycles. The third-order valence-electron chi connectivity index (χ3n) is 4.73. The lowest BCUT2D eigenvalue weighted by Gasteiger charge is -2.30. The minimum absolute atomic E-state index is 0.393. The molecular weight excluding hydrogens is 336 g/mol. The smallest absolute Gasteiger partial charge is 0.141 e. The maximum absolute atomic E-state index is 9.06. The van der Waals surface area contributed by atoms with Crippen molar-refractivity contribution in [2.45, 2.75) is 19.9 Å². The molecule has 0 radical (unpaired) electrons. The summed E-state index contributed by atoms with van der Waals surface area (Å²) in [5.74, 6) is 0.903. The summed E-state index contributed by atoms with van der Waals surface area (Å²) in [6.45, 7) is 3.53. The molecule has 130 valence electrons. The first kappa shape index (κ1) is 16.7. The zero-order valence-electron chi connectivity index (χ0n) is 14.8. The van der Waals surface area contributed by atoms with Gasteiger partial charge in [-0.3, -0.25) is 4.98 Å². The van der Waals surface area contributed by atoms with Gasteiger partial charge in [0.1, 0.15) is 23.7 Å². The van der Waals surface area contributed by atoms with Crippen LogP contribution in [0.2, 0.25) is 0 Å². The summed E-state index contributed by atoms with van der Waals surface area (Å²) < 4.78 is 0. The molecule has 3 aromatic rings. The van der Waals surface area contributed by atoms with Gasteiger partial charge in [-0.1, -0.05) is 0 Å². The number of anilines is 1. The Hall–Kier alpha value is -3.77. The van der Waals surface area contributed by atoms with E-state index in [0.717, 1.165) is 46.7 Å². The second-order valence-electron chi connectivity index (χ2n) is 6.52. The lowest BCUT2D eigenvalue weighted by atomic mass is 10.00. The zero-order valence-corrected chi connectivity index (χ0v) is 14.8. The maximum atomic E-state index is 9.06. The summed E-state index contributed by atoms with van der Waals surface area (Å²) in [5.41, 5.74) is 6.11. The normalized spacial score (nSPS) is 12.8. The fraction of sp³-hybridized carbons (Fsp3) is 0.190. The number of aryl methyl sites for hydroxylation is 1. The Morgan fingerprint density at radius 3 is 2.67 bits per heavy atom. The Balaban J connectivity index is 1.66. The van der Waals surface area contributed by atoms with Crippen LogP contribution >= 0.6 is 0 Å². The first-order chi connectivity index (χ1) is 13.2.